The molecule has 0 saturated carbocycles. The number of nitrogens with one attached hydrogen (secondary N) is 1. The van der Waals surface area contributed by atoms with Gasteiger partial charge in [-0.05, 0) is 54.9 Å². The number of rotatable bonds is 4. The fraction of sp³-hybridized carbons (Fsp3) is 0.429. The summed E-state index contributed by atoms with van der Waals surface area (Å²) in [5, 5.41) is 5.06. The minimum absolute atomic E-state index is 0.0239. The molecule has 2 heterocycles. The zero-order valence-electron chi connectivity index (χ0n) is 15.1. The number of carbonyl (C=O) groups is 2. The highest BCUT2D eigenvalue weighted by atomic mass is 32.1. The first-order valence-corrected chi connectivity index (χ1v) is 10.3. The summed E-state index contributed by atoms with van der Waals surface area (Å²) in [7, 11) is 0. The minimum atomic E-state index is 0.0239. The Bertz CT molecular complexity index is 825. The molecule has 1 unspecified atom stereocenters. The molecule has 0 radical (unpaired) electrons. The number of hydrogen-bond donors (Lipinski definition) is 1. The average Bonchev–Trinajstić information content (AvgIpc) is 3.26. The Morgan fingerprint density at radius 1 is 1.27 bits per heavy atom. The van der Waals surface area contributed by atoms with Gasteiger partial charge in [0.1, 0.15) is 0 Å². The number of hydrogen-bond acceptors (Lipinski definition) is 3. The third-order valence-electron chi connectivity index (χ3n) is 5.42. The molecule has 1 fully saturated rings. The smallest absolute Gasteiger partial charge is 0.252 e. The Morgan fingerprint density at radius 3 is 2.81 bits per heavy atom. The normalized spacial score (nSPS) is 19.5. The number of fused-ring (bicyclic) bond motifs is 1. The van der Waals surface area contributed by atoms with E-state index in [1.54, 1.807) is 11.3 Å². The zero-order valence-corrected chi connectivity index (χ0v) is 15.9. The van der Waals surface area contributed by atoms with Gasteiger partial charge in [-0.2, -0.15) is 0 Å². The number of anilines is 1. The molecular formula is C21H24N2O2S. The highest BCUT2D eigenvalue weighted by Crippen LogP contribution is 2.32. The van der Waals surface area contributed by atoms with Gasteiger partial charge in [0.15, 0.2) is 0 Å². The summed E-state index contributed by atoms with van der Waals surface area (Å²) < 4.78 is 0. The lowest BCUT2D eigenvalue weighted by atomic mass is 9.88. The van der Waals surface area contributed by atoms with E-state index in [1.165, 1.54) is 16.9 Å². The van der Waals surface area contributed by atoms with E-state index in [2.05, 4.69) is 12.2 Å². The second-order valence-electron chi connectivity index (χ2n) is 7.40. The van der Waals surface area contributed by atoms with Gasteiger partial charge in [0.2, 0.25) is 5.91 Å². The highest BCUT2D eigenvalue weighted by Gasteiger charge is 2.23. The molecule has 1 aromatic carbocycles. The van der Waals surface area contributed by atoms with E-state index in [1.807, 2.05) is 34.5 Å². The number of thiophene rings is 1. The quantitative estimate of drug-likeness (QED) is 0.889. The van der Waals surface area contributed by atoms with Crippen LogP contribution in [0.1, 0.15) is 52.5 Å². The summed E-state index contributed by atoms with van der Waals surface area (Å²) in [6, 6.07) is 7.93. The molecule has 2 aromatic rings. The van der Waals surface area contributed by atoms with Crippen LogP contribution in [0.5, 0.6) is 0 Å². The Kier molecular flexibility index (Phi) is 4.81. The van der Waals surface area contributed by atoms with Gasteiger partial charge in [0.05, 0.1) is 5.56 Å². The van der Waals surface area contributed by atoms with E-state index in [0.29, 0.717) is 13.0 Å². The van der Waals surface area contributed by atoms with E-state index in [4.69, 9.17) is 0 Å². The van der Waals surface area contributed by atoms with Crippen LogP contribution in [0.2, 0.25) is 0 Å². The van der Waals surface area contributed by atoms with Crippen LogP contribution in [0.25, 0.3) is 0 Å². The van der Waals surface area contributed by atoms with Crippen LogP contribution in [0, 0.1) is 5.92 Å². The molecule has 1 N–H and O–H groups in total. The maximum absolute atomic E-state index is 12.6. The molecule has 2 amide bonds. The third-order valence-corrected chi connectivity index (χ3v) is 6.47. The van der Waals surface area contributed by atoms with Crippen molar-refractivity contribution in [1.29, 1.82) is 0 Å². The van der Waals surface area contributed by atoms with Gasteiger partial charge < -0.3 is 10.2 Å². The predicted octanol–water partition coefficient (Wildman–Crippen LogP) is 3.93. The summed E-state index contributed by atoms with van der Waals surface area (Å²) in [5.74, 6) is 0.941. The molecule has 1 aliphatic carbocycles. The van der Waals surface area contributed by atoms with Gasteiger partial charge in [-0.25, -0.2) is 0 Å². The van der Waals surface area contributed by atoms with Gasteiger partial charge in [-0.3, -0.25) is 9.59 Å². The molecule has 1 saturated heterocycles. The molecule has 2 aliphatic rings. The van der Waals surface area contributed by atoms with Crippen molar-refractivity contribution in [1.82, 2.24) is 5.32 Å². The lowest BCUT2D eigenvalue weighted by Gasteiger charge is -2.19. The molecule has 1 atom stereocenters. The zero-order chi connectivity index (χ0) is 18.1. The highest BCUT2D eigenvalue weighted by molar-refractivity contribution is 7.10. The molecule has 26 heavy (non-hydrogen) atoms. The first-order chi connectivity index (χ1) is 12.6. The topological polar surface area (TPSA) is 49.4 Å². The van der Waals surface area contributed by atoms with E-state index < -0.39 is 0 Å². The molecule has 1 aliphatic heterocycles. The molecule has 5 heteroatoms. The van der Waals surface area contributed by atoms with Crippen LogP contribution in [0.3, 0.4) is 0 Å². The number of amides is 2. The fourth-order valence-corrected chi connectivity index (χ4v) is 5.10. The number of nitrogens with zero attached hydrogens (tertiary/aromatic N) is 1. The number of benzene rings is 1. The Balaban J connectivity index is 1.38. The Morgan fingerprint density at radius 2 is 2.08 bits per heavy atom. The first-order valence-electron chi connectivity index (χ1n) is 9.38. The molecule has 0 bridgehead atoms. The SMILES string of the molecule is CC1CCc2c(C(=O)NCc3ccc(N4CCCC4=O)cc3)csc2C1. The largest absolute Gasteiger partial charge is 0.348 e. The van der Waals surface area contributed by atoms with E-state index >= 15 is 0 Å². The second-order valence-corrected chi connectivity index (χ2v) is 8.36. The average molecular weight is 369 g/mol. The molecule has 136 valence electrons. The van der Waals surface area contributed by atoms with E-state index in [0.717, 1.165) is 48.5 Å². The molecule has 4 rings (SSSR count). The fourth-order valence-electron chi connectivity index (χ4n) is 3.86. The lowest BCUT2D eigenvalue weighted by Crippen LogP contribution is -2.25. The summed E-state index contributed by atoms with van der Waals surface area (Å²) in [6.45, 7) is 3.59. The van der Waals surface area contributed by atoms with Crippen molar-refractivity contribution in [3.63, 3.8) is 0 Å². The van der Waals surface area contributed by atoms with Crippen molar-refractivity contribution in [2.24, 2.45) is 5.92 Å². The summed E-state index contributed by atoms with van der Waals surface area (Å²) in [5.41, 5.74) is 4.11. The maximum Gasteiger partial charge on any atom is 0.252 e. The van der Waals surface area contributed by atoms with Crippen molar-refractivity contribution in [3.8, 4) is 0 Å². The van der Waals surface area contributed by atoms with Crippen LogP contribution in [0.15, 0.2) is 29.6 Å². The van der Waals surface area contributed by atoms with Gasteiger partial charge >= 0.3 is 0 Å². The van der Waals surface area contributed by atoms with Gasteiger partial charge in [-0.1, -0.05) is 19.1 Å². The van der Waals surface area contributed by atoms with Crippen LogP contribution in [-0.2, 0) is 24.2 Å². The molecule has 4 nitrogen and oxygen atoms in total. The monoisotopic (exact) mass is 368 g/mol. The standard InChI is InChI=1S/C21H24N2O2S/c1-14-4-9-17-18(13-26-19(17)11-14)21(25)22-12-15-5-7-16(8-6-15)23-10-2-3-20(23)24/h5-8,13-14H,2-4,9-12H2,1H3,(H,22,25). The summed E-state index contributed by atoms with van der Waals surface area (Å²) in [6.07, 6.45) is 4.86. The Labute approximate surface area is 158 Å². The third kappa shape index (κ3) is 3.40. The van der Waals surface area contributed by atoms with Crippen molar-refractivity contribution >= 4 is 28.8 Å². The van der Waals surface area contributed by atoms with Gasteiger partial charge in [0, 0.05) is 35.5 Å². The predicted molar refractivity (Wildman–Crippen MR) is 105 cm³/mol. The van der Waals surface area contributed by atoms with Gasteiger partial charge in [-0.15, -0.1) is 11.3 Å². The van der Waals surface area contributed by atoms with Crippen molar-refractivity contribution in [3.05, 3.63) is 51.2 Å². The molecule has 0 spiro atoms. The number of carbonyl (C=O) groups excluding carboxylic acids is 2. The molecular weight excluding hydrogens is 344 g/mol. The van der Waals surface area contributed by atoms with Crippen molar-refractivity contribution < 1.29 is 9.59 Å². The summed E-state index contributed by atoms with van der Waals surface area (Å²) >= 11 is 1.72. The van der Waals surface area contributed by atoms with Crippen LogP contribution in [0.4, 0.5) is 5.69 Å². The van der Waals surface area contributed by atoms with Crippen LogP contribution in [-0.4, -0.2) is 18.4 Å². The minimum Gasteiger partial charge on any atom is -0.348 e. The van der Waals surface area contributed by atoms with Crippen molar-refractivity contribution in [2.45, 2.75) is 45.6 Å². The molecule has 1 aromatic heterocycles. The second kappa shape index (κ2) is 7.23. The van der Waals surface area contributed by atoms with E-state index in [-0.39, 0.29) is 11.8 Å². The maximum atomic E-state index is 12.6. The van der Waals surface area contributed by atoms with E-state index in [9.17, 15) is 9.59 Å². The van der Waals surface area contributed by atoms with Gasteiger partial charge in [0.25, 0.3) is 5.91 Å². The van der Waals surface area contributed by atoms with Crippen LogP contribution < -0.4 is 10.2 Å². The van der Waals surface area contributed by atoms with Crippen molar-refractivity contribution in [2.75, 3.05) is 11.4 Å². The first kappa shape index (κ1) is 17.3. The van der Waals surface area contributed by atoms with Crippen LogP contribution >= 0.6 is 11.3 Å². The lowest BCUT2D eigenvalue weighted by molar-refractivity contribution is -0.117. The summed E-state index contributed by atoms with van der Waals surface area (Å²) in [4.78, 5) is 27.6. The Hall–Kier alpha value is -2.14.